The van der Waals surface area contributed by atoms with E-state index in [9.17, 15) is 4.79 Å². The first-order chi connectivity index (χ1) is 12.3. The van der Waals surface area contributed by atoms with E-state index < -0.39 is 0 Å². The van der Waals surface area contributed by atoms with E-state index in [0.29, 0.717) is 19.8 Å². The molecule has 25 heavy (non-hydrogen) atoms. The van der Waals surface area contributed by atoms with Crippen LogP contribution >= 0.6 is 11.3 Å². The minimum absolute atomic E-state index is 0.0790. The van der Waals surface area contributed by atoms with Crippen molar-refractivity contribution < 1.29 is 14.3 Å². The first-order valence-corrected chi connectivity index (χ1v) is 9.06. The van der Waals surface area contributed by atoms with Crippen molar-refractivity contribution in [3.63, 3.8) is 0 Å². The second-order valence-corrected chi connectivity index (χ2v) is 6.30. The molecule has 0 spiro atoms. The molecule has 1 heterocycles. The standard InChI is InChI=1S/C19H20N2O3S/c1-2-23-9-10-24-17-6-4-3-5-14(17)11-19(22)21-15-7-8-16-18(12-15)25-13-20-16/h3-8,12-13H,2,9-11H2,1H3,(H,21,22). The number of ether oxygens (including phenoxy) is 2. The van der Waals surface area contributed by atoms with E-state index in [1.54, 1.807) is 16.8 Å². The SMILES string of the molecule is CCOCCOc1ccccc1CC(=O)Nc1ccc2ncsc2c1. The molecule has 0 saturated carbocycles. The Morgan fingerprint density at radius 1 is 1.20 bits per heavy atom. The Hall–Kier alpha value is -2.44. The number of hydrogen-bond acceptors (Lipinski definition) is 5. The van der Waals surface area contributed by atoms with Gasteiger partial charge in [-0.3, -0.25) is 4.79 Å². The lowest BCUT2D eigenvalue weighted by Gasteiger charge is -2.11. The first-order valence-electron chi connectivity index (χ1n) is 8.18. The van der Waals surface area contributed by atoms with Gasteiger partial charge in [-0.25, -0.2) is 4.98 Å². The maximum absolute atomic E-state index is 12.4. The summed E-state index contributed by atoms with van der Waals surface area (Å²) in [5, 5.41) is 2.94. The van der Waals surface area contributed by atoms with Crippen LogP contribution in [0.25, 0.3) is 10.2 Å². The largest absolute Gasteiger partial charge is 0.491 e. The summed E-state index contributed by atoms with van der Waals surface area (Å²) in [5.41, 5.74) is 4.37. The quantitative estimate of drug-likeness (QED) is 0.622. The molecular formula is C19H20N2O3S. The number of anilines is 1. The Balaban J connectivity index is 1.62. The minimum atomic E-state index is -0.0790. The molecule has 0 unspecified atom stereocenters. The van der Waals surface area contributed by atoms with Crippen LogP contribution in [-0.4, -0.2) is 30.7 Å². The van der Waals surface area contributed by atoms with Gasteiger partial charge in [-0.05, 0) is 31.2 Å². The highest BCUT2D eigenvalue weighted by Crippen LogP contribution is 2.23. The van der Waals surface area contributed by atoms with Gasteiger partial charge >= 0.3 is 0 Å². The number of hydrogen-bond donors (Lipinski definition) is 1. The fraction of sp³-hybridized carbons (Fsp3) is 0.263. The molecule has 1 N–H and O–H groups in total. The fourth-order valence-corrected chi connectivity index (χ4v) is 3.17. The van der Waals surface area contributed by atoms with Crippen molar-refractivity contribution in [3.05, 3.63) is 53.5 Å². The number of thiazole rings is 1. The summed E-state index contributed by atoms with van der Waals surface area (Å²) in [7, 11) is 0. The van der Waals surface area contributed by atoms with Crippen LogP contribution in [0.15, 0.2) is 48.0 Å². The predicted octanol–water partition coefficient (Wildman–Crippen LogP) is 3.89. The van der Waals surface area contributed by atoms with Crippen LogP contribution in [0.4, 0.5) is 5.69 Å². The molecule has 3 aromatic rings. The maximum atomic E-state index is 12.4. The van der Waals surface area contributed by atoms with Crippen molar-refractivity contribution in [2.45, 2.75) is 13.3 Å². The van der Waals surface area contributed by atoms with Gasteiger partial charge in [0.25, 0.3) is 0 Å². The van der Waals surface area contributed by atoms with E-state index in [1.165, 1.54) is 0 Å². The lowest BCUT2D eigenvalue weighted by atomic mass is 10.1. The predicted molar refractivity (Wildman–Crippen MR) is 100 cm³/mol. The van der Waals surface area contributed by atoms with Gasteiger partial charge in [-0.1, -0.05) is 18.2 Å². The summed E-state index contributed by atoms with van der Waals surface area (Å²) in [5.74, 6) is 0.639. The Labute approximate surface area is 150 Å². The third kappa shape index (κ3) is 4.78. The van der Waals surface area contributed by atoms with E-state index in [-0.39, 0.29) is 12.3 Å². The van der Waals surface area contributed by atoms with Gasteiger partial charge < -0.3 is 14.8 Å². The molecule has 5 nitrogen and oxygen atoms in total. The van der Waals surface area contributed by atoms with Gasteiger partial charge in [-0.15, -0.1) is 11.3 Å². The van der Waals surface area contributed by atoms with Gasteiger partial charge in [0.1, 0.15) is 12.4 Å². The van der Waals surface area contributed by atoms with Crippen LogP contribution in [0.2, 0.25) is 0 Å². The van der Waals surface area contributed by atoms with Gasteiger partial charge in [0.2, 0.25) is 5.91 Å². The highest BCUT2D eigenvalue weighted by Gasteiger charge is 2.10. The number of amides is 1. The highest BCUT2D eigenvalue weighted by molar-refractivity contribution is 7.16. The molecule has 0 saturated heterocycles. The van der Waals surface area contributed by atoms with E-state index in [4.69, 9.17) is 9.47 Å². The molecule has 0 aliphatic carbocycles. The highest BCUT2D eigenvalue weighted by atomic mass is 32.1. The number of nitrogens with zero attached hydrogens (tertiary/aromatic N) is 1. The van der Waals surface area contributed by atoms with E-state index in [1.807, 2.05) is 49.4 Å². The molecule has 0 atom stereocenters. The number of carbonyl (C=O) groups is 1. The van der Waals surface area contributed by atoms with Gasteiger partial charge in [0, 0.05) is 17.9 Å². The molecule has 0 bridgehead atoms. The number of rotatable bonds is 8. The average molecular weight is 356 g/mol. The first kappa shape index (κ1) is 17.4. The van der Waals surface area contributed by atoms with E-state index in [2.05, 4.69) is 10.3 Å². The number of para-hydroxylation sites is 1. The van der Waals surface area contributed by atoms with Gasteiger partial charge in [0.05, 0.1) is 28.8 Å². The van der Waals surface area contributed by atoms with Crippen LogP contribution < -0.4 is 10.1 Å². The zero-order valence-electron chi connectivity index (χ0n) is 14.0. The molecule has 0 radical (unpaired) electrons. The molecule has 0 fully saturated rings. The lowest BCUT2D eigenvalue weighted by molar-refractivity contribution is -0.115. The molecule has 0 aliphatic rings. The third-order valence-electron chi connectivity index (χ3n) is 3.63. The Morgan fingerprint density at radius 2 is 2.08 bits per heavy atom. The normalized spacial score (nSPS) is 10.8. The summed E-state index contributed by atoms with van der Waals surface area (Å²) in [4.78, 5) is 16.6. The Kier molecular flexibility index (Phi) is 5.98. The molecule has 3 rings (SSSR count). The Bertz CT molecular complexity index is 847. The lowest BCUT2D eigenvalue weighted by Crippen LogP contribution is -2.15. The monoisotopic (exact) mass is 356 g/mol. The van der Waals surface area contributed by atoms with Crippen molar-refractivity contribution >= 4 is 33.1 Å². The van der Waals surface area contributed by atoms with Gasteiger partial charge in [0.15, 0.2) is 0 Å². The van der Waals surface area contributed by atoms with Gasteiger partial charge in [-0.2, -0.15) is 0 Å². The second-order valence-electron chi connectivity index (χ2n) is 5.41. The maximum Gasteiger partial charge on any atom is 0.228 e. The Morgan fingerprint density at radius 3 is 2.96 bits per heavy atom. The van der Waals surface area contributed by atoms with Crippen molar-refractivity contribution in [3.8, 4) is 5.75 Å². The molecule has 2 aromatic carbocycles. The second kappa shape index (κ2) is 8.60. The van der Waals surface area contributed by atoms with Crippen molar-refractivity contribution in [2.24, 2.45) is 0 Å². The number of aromatic nitrogens is 1. The molecular weight excluding hydrogens is 336 g/mol. The zero-order valence-corrected chi connectivity index (χ0v) is 14.8. The number of carbonyl (C=O) groups excluding carboxylic acids is 1. The summed E-state index contributed by atoms with van der Waals surface area (Å²) >= 11 is 1.55. The van der Waals surface area contributed by atoms with E-state index in [0.717, 1.165) is 27.2 Å². The summed E-state index contributed by atoms with van der Waals surface area (Å²) in [6.07, 6.45) is 0.255. The van der Waals surface area contributed by atoms with Crippen LogP contribution in [0, 0.1) is 0 Å². The molecule has 1 amide bonds. The van der Waals surface area contributed by atoms with Crippen molar-refractivity contribution in [1.29, 1.82) is 0 Å². The fourth-order valence-electron chi connectivity index (χ4n) is 2.46. The smallest absolute Gasteiger partial charge is 0.228 e. The topological polar surface area (TPSA) is 60.5 Å². The minimum Gasteiger partial charge on any atom is -0.491 e. The van der Waals surface area contributed by atoms with Crippen LogP contribution in [-0.2, 0) is 16.0 Å². The third-order valence-corrected chi connectivity index (χ3v) is 4.42. The molecule has 130 valence electrons. The summed E-state index contributed by atoms with van der Waals surface area (Å²) in [6.45, 7) is 3.61. The van der Waals surface area contributed by atoms with Crippen LogP contribution in [0.3, 0.4) is 0 Å². The number of fused-ring (bicyclic) bond motifs is 1. The summed E-state index contributed by atoms with van der Waals surface area (Å²) in [6, 6.07) is 13.3. The average Bonchev–Trinajstić information content (AvgIpc) is 3.08. The van der Waals surface area contributed by atoms with Crippen molar-refractivity contribution in [1.82, 2.24) is 4.98 Å². The van der Waals surface area contributed by atoms with E-state index >= 15 is 0 Å². The van der Waals surface area contributed by atoms with Crippen LogP contribution in [0.5, 0.6) is 5.75 Å². The van der Waals surface area contributed by atoms with Crippen molar-refractivity contribution in [2.75, 3.05) is 25.1 Å². The molecule has 6 heteroatoms. The number of benzene rings is 2. The zero-order chi connectivity index (χ0) is 17.5. The van der Waals surface area contributed by atoms with Crippen LogP contribution in [0.1, 0.15) is 12.5 Å². The summed E-state index contributed by atoms with van der Waals surface area (Å²) < 4.78 is 12.1. The number of nitrogens with one attached hydrogen (secondary N) is 1. The molecule has 1 aromatic heterocycles. The molecule has 0 aliphatic heterocycles.